The van der Waals surface area contributed by atoms with E-state index in [-0.39, 0.29) is 12.5 Å². The van der Waals surface area contributed by atoms with E-state index in [1.165, 1.54) is 32.1 Å². The van der Waals surface area contributed by atoms with Gasteiger partial charge in [0.05, 0.1) is 0 Å². The van der Waals surface area contributed by atoms with Crippen LogP contribution >= 0.6 is 11.6 Å². The van der Waals surface area contributed by atoms with Crippen LogP contribution in [0.4, 0.5) is 0 Å². The number of fused-ring (bicyclic) bond motifs is 1. The lowest BCUT2D eigenvalue weighted by atomic mass is 9.68. The molecule has 0 spiro atoms. The number of carbonyl (C=O) groups excluding carboxylic acids is 1. The van der Waals surface area contributed by atoms with Gasteiger partial charge in [0.15, 0.2) is 6.61 Å². The normalized spacial score (nSPS) is 32.9. The first-order chi connectivity index (χ1) is 10.7. The van der Waals surface area contributed by atoms with Gasteiger partial charge in [0.25, 0.3) is 5.91 Å². The summed E-state index contributed by atoms with van der Waals surface area (Å²) in [5.74, 6) is 3.29. The molecule has 4 aliphatic rings. The van der Waals surface area contributed by atoms with Crippen LogP contribution in [-0.2, 0) is 4.79 Å². The summed E-state index contributed by atoms with van der Waals surface area (Å²) in [5.41, 5.74) is 0. The van der Waals surface area contributed by atoms with E-state index in [1.54, 1.807) is 12.1 Å². The van der Waals surface area contributed by atoms with E-state index in [1.807, 2.05) is 12.1 Å². The summed E-state index contributed by atoms with van der Waals surface area (Å²) < 4.78 is 5.65. The van der Waals surface area contributed by atoms with Gasteiger partial charge in [0, 0.05) is 17.6 Å². The maximum Gasteiger partial charge on any atom is 0.260 e. The second kappa shape index (κ2) is 5.77. The summed E-state index contributed by atoms with van der Waals surface area (Å²) in [4.78, 5) is 14.8. The Balaban J connectivity index is 1.41. The second-order valence-corrected chi connectivity index (χ2v) is 7.66. The molecule has 2 saturated heterocycles. The monoisotopic (exact) mass is 319 g/mol. The number of ether oxygens (including phenoxy) is 1. The molecule has 5 rings (SSSR count). The SMILES string of the molecule is O=C(COc1ccc(Cl)cc1)N1CC2CC3CC(C2)CC1C3. The van der Waals surface area contributed by atoms with Gasteiger partial charge in [-0.05, 0) is 74.1 Å². The van der Waals surface area contributed by atoms with Gasteiger partial charge in [-0.15, -0.1) is 0 Å². The first-order valence-electron chi connectivity index (χ1n) is 8.35. The van der Waals surface area contributed by atoms with Crippen LogP contribution < -0.4 is 4.74 Å². The zero-order valence-corrected chi connectivity index (χ0v) is 13.5. The molecule has 0 radical (unpaired) electrons. The molecule has 118 valence electrons. The van der Waals surface area contributed by atoms with Crippen LogP contribution in [0.25, 0.3) is 0 Å². The number of hydrogen-bond donors (Lipinski definition) is 0. The highest BCUT2D eigenvalue weighted by Gasteiger charge is 2.43. The molecule has 0 N–H and O–H groups in total. The number of benzene rings is 1. The molecular weight excluding hydrogens is 298 g/mol. The van der Waals surface area contributed by atoms with Crippen molar-refractivity contribution in [2.24, 2.45) is 17.8 Å². The zero-order valence-electron chi connectivity index (χ0n) is 12.7. The molecule has 4 bridgehead atoms. The van der Waals surface area contributed by atoms with Crippen LogP contribution in [0, 0.1) is 17.8 Å². The summed E-state index contributed by atoms with van der Waals surface area (Å²) >= 11 is 5.86. The predicted octanol–water partition coefficient (Wildman–Crippen LogP) is 3.76. The van der Waals surface area contributed by atoms with Gasteiger partial charge in [0.2, 0.25) is 0 Å². The minimum absolute atomic E-state index is 0.139. The summed E-state index contributed by atoms with van der Waals surface area (Å²) in [7, 11) is 0. The third-order valence-corrected chi connectivity index (χ3v) is 5.85. The van der Waals surface area contributed by atoms with Crippen LogP contribution in [0.1, 0.15) is 32.1 Å². The third kappa shape index (κ3) is 2.83. The minimum atomic E-state index is 0.139. The molecule has 4 heteroatoms. The van der Waals surface area contributed by atoms with Crippen molar-refractivity contribution in [1.82, 2.24) is 4.90 Å². The molecule has 2 unspecified atom stereocenters. The number of amides is 1. The standard InChI is InChI=1S/C18H22ClNO2/c19-15-1-3-17(4-2-15)22-11-18(21)20-10-14-6-12-5-13(7-14)9-16(20)8-12/h1-4,12-14,16H,5-11H2. The number of carbonyl (C=O) groups is 1. The van der Waals surface area contributed by atoms with Crippen molar-refractivity contribution in [2.45, 2.75) is 38.1 Å². The van der Waals surface area contributed by atoms with E-state index >= 15 is 0 Å². The Kier molecular flexibility index (Phi) is 3.77. The van der Waals surface area contributed by atoms with Crippen molar-refractivity contribution < 1.29 is 9.53 Å². The van der Waals surface area contributed by atoms with Crippen LogP contribution in [0.5, 0.6) is 5.75 Å². The van der Waals surface area contributed by atoms with Crippen LogP contribution in [0.15, 0.2) is 24.3 Å². The van der Waals surface area contributed by atoms with Crippen molar-refractivity contribution in [3.8, 4) is 5.75 Å². The molecule has 2 atom stereocenters. The first kappa shape index (κ1) is 14.4. The van der Waals surface area contributed by atoms with E-state index in [0.29, 0.717) is 16.8 Å². The Morgan fingerprint density at radius 3 is 2.36 bits per heavy atom. The van der Waals surface area contributed by atoms with Gasteiger partial charge in [0.1, 0.15) is 5.75 Å². The quantitative estimate of drug-likeness (QED) is 0.849. The topological polar surface area (TPSA) is 29.5 Å². The summed E-state index contributed by atoms with van der Waals surface area (Å²) in [6.45, 7) is 1.08. The fraction of sp³-hybridized carbons (Fsp3) is 0.611. The van der Waals surface area contributed by atoms with Gasteiger partial charge >= 0.3 is 0 Å². The largest absolute Gasteiger partial charge is 0.484 e. The molecular formula is C18H22ClNO2. The summed E-state index contributed by atoms with van der Waals surface area (Å²) in [5, 5.41) is 0.680. The molecule has 1 aromatic rings. The average Bonchev–Trinajstić information content (AvgIpc) is 2.70. The fourth-order valence-electron chi connectivity index (χ4n) is 4.85. The van der Waals surface area contributed by atoms with Gasteiger partial charge in [-0.2, -0.15) is 0 Å². The lowest BCUT2D eigenvalue weighted by Crippen LogP contribution is -2.44. The second-order valence-electron chi connectivity index (χ2n) is 7.22. The van der Waals surface area contributed by atoms with E-state index in [9.17, 15) is 4.79 Å². The van der Waals surface area contributed by atoms with E-state index in [4.69, 9.17) is 16.3 Å². The first-order valence-corrected chi connectivity index (χ1v) is 8.73. The third-order valence-electron chi connectivity index (χ3n) is 5.60. The molecule has 1 amide bonds. The van der Waals surface area contributed by atoms with Gasteiger partial charge in [-0.1, -0.05) is 11.6 Å². The van der Waals surface area contributed by atoms with Crippen molar-refractivity contribution in [1.29, 1.82) is 0 Å². The Bertz CT molecular complexity index is 545. The molecule has 2 aliphatic heterocycles. The van der Waals surface area contributed by atoms with Crippen molar-refractivity contribution in [3.63, 3.8) is 0 Å². The molecule has 2 saturated carbocycles. The fourth-order valence-corrected chi connectivity index (χ4v) is 4.97. The molecule has 1 aromatic carbocycles. The smallest absolute Gasteiger partial charge is 0.260 e. The highest BCUT2D eigenvalue weighted by molar-refractivity contribution is 6.30. The van der Waals surface area contributed by atoms with Gasteiger partial charge in [-0.3, -0.25) is 4.79 Å². The minimum Gasteiger partial charge on any atom is -0.484 e. The van der Waals surface area contributed by atoms with Crippen LogP contribution in [-0.4, -0.2) is 30.0 Å². The van der Waals surface area contributed by atoms with Crippen LogP contribution in [0.2, 0.25) is 5.02 Å². The predicted molar refractivity (Wildman–Crippen MR) is 86.0 cm³/mol. The maximum atomic E-state index is 12.6. The number of hydrogen-bond acceptors (Lipinski definition) is 2. The zero-order chi connectivity index (χ0) is 15.1. The Morgan fingerprint density at radius 2 is 1.68 bits per heavy atom. The van der Waals surface area contributed by atoms with E-state index in [2.05, 4.69) is 4.90 Å². The van der Waals surface area contributed by atoms with E-state index in [0.717, 1.165) is 24.3 Å². The summed E-state index contributed by atoms with van der Waals surface area (Å²) in [6, 6.07) is 7.65. The molecule has 2 heterocycles. The Hall–Kier alpha value is -1.22. The lowest BCUT2D eigenvalue weighted by Gasteiger charge is -2.38. The summed E-state index contributed by atoms with van der Waals surface area (Å²) in [6.07, 6.45) is 6.47. The van der Waals surface area contributed by atoms with Crippen LogP contribution in [0.3, 0.4) is 0 Å². The lowest BCUT2D eigenvalue weighted by molar-refractivity contribution is -0.136. The Morgan fingerprint density at radius 1 is 1.05 bits per heavy atom. The molecule has 0 aromatic heterocycles. The molecule has 4 fully saturated rings. The van der Waals surface area contributed by atoms with Crippen molar-refractivity contribution in [2.75, 3.05) is 13.2 Å². The Labute approximate surface area is 136 Å². The molecule has 22 heavy (non-hydrogen) atoms. The van der Waals surface area contributed by atoms with Crippen molar-refractivity contribution >= 4 is 17.5 Å². The molecule has 3 nitrogen and oxygen atoms in total. The number of rotatable bonds is 3. The number of nitrogens with zero attached hydrogens (tertiary/aromatic N) is 1. The number of halogens is 1. The molecule has 2 aliphatic carbocycles. The highest BCUT2D eigenvalue weighted by Crippen LogP contribution is 2.47. The van der Waals surface area contributed by atoms with Crippen molar-refractivity contribution in [3.05, 3.63) is 29.3 Å². The highest BCUT2D eigenvalue weighted by atomic mass is 35.5. The maximum absolute atomic E-state index is 12.6. The van der Waals surface area contributed by atoms with Gasteiger partial charge in [-0.25, -0.2) is 0 Å². The van der Waals surface area contributed by atoms with E-state index < -0.39 is 0 Å². The van der Waals surface area contributed by atoms with Gasteiger partial charge < -0.3 is 9.64 Å². The average molecular weight is 320 g/mol.